The number of pyridine rings is 2. The molecule has 2 aliphatic heterocycles. The van der Waals surface area contributed by atoms with Crippen LogP contribution in [0.2, 0.25) is 0 Å². The number of hydrogen-bond donors (Lipinski definition) is 2. The van der Waals surface area contributed by atoms with Crippen LogP contribution in [0, 0.1) is 6.92 Å². The number of aliphatic hydroxyl groups excluding tert-OH is 1. The predicted octanol–water partition coefficient (Wildman–Crippen LogP) is 5.47. The number of rotatable bonds is 12. The summed E-state index contributed by atoms with van der Waals surface area (Å²) in [6.45, 7) is 6.25. The number of carbonyl (C=O) groups excluding carboxylic acids is 1. The minimum Gasteiger partial charge on any atom is -0.486 e. The van der Waals surface area contributed by atoms with Crippen LogP contribution in [-0.4, -0.2) is 63.0 Å². The van der Waals surface area contributed by atoms with Crippen molar-refractivity contribution in [3.05, 3.63) is 89.4 Å². The average Bonchev–Trinajstić information content (AvgIpc) is 3.47. The molecule has 1 saturated heterocycles. The van der Waals surface area contributed by atoms with Crippen LogP contribution in [-0.2, 0) is 19.6 Å². The van der Waals surface area contributed by atoms with Crippen LogP contribution >= 0.6 is 0 Å². The van der Waals surface area contributed by atoms with Gasteiger partial charge in [-0.2, -0.15) is 0 Å². The maximum atomic E-state index is 13.4. The fraction of sp³-hybridized carbons (Fsp3) is 0.412. The first-order valence-corrected chi connectivity index (χ1v) is 15.5. The minimum absolute atomic E-state index is 0.0102. The maximum Gasteiger partial charge on any atom is 0.181 e. The zero-order valence-corrected chi connectivity index (χ0v) is 25.2. The van der Waals surface area contributed by atoms with E-state index in [1.807, 2.05) is 31.2 Å². The zero-order chi connectivity index (χ0) is 30.3. The summed E-state index contributed by atoms with van der Waals surface area (Å²) in [6, 6.07) is 13.7. The molecule has 1 atom stereocenters. The van der Waals surface area contributed by atoms with Gasteiger partial charge in [0.25, 0.3) is 0 Å². The SMILES string of the molecule is Cc1ncoc1COc1ccc2c(c1)CCN(C[C@@H](O)CCC(=O)c1cc(Nc3cccnc3)nc(N3CCCCC3)c1)C2. The number of benzene rings is 1. The number of β-amino-alcohol motifs (C(OH)–C–C–N with tert-alkyl or cyclic N) is 1. The van der Waals surface area contributed by atoms with Gasteiger partial charge in [-0.05, 0) is 86.6 Å². The quantitative estimate of drug-likeness (QED) is 0.204. The number of ether oxygens (including phenoxy) is 1. The van der Waals surface area contributed by atoms with Gasteiger partial charge >= 0.3 is 0 Å². The van der Waals surface area contributed by atoms with Crippen molar-refractivity contribution in [3.63, 3.8) is 0 Å². The molecule has 10 nitrogen and oxygen atoms in total. The Morgan fingerprint density at radius 3 is 2.80 bits per heavy atom. The highest BCUT2D eigenvalue weighted by Crippen LogP contribution is 2.27. The molecular weight excluding hydrogens is 556 g/mol. The second-order valence-electron chi connectivity index (χ2n) is 11.7. The van der Waals surface area contributed by atoms with Crippen LogP contribution in [0.25, 0.3) is 0 Å². The van der Waals surface area contributed by atoms with Crippen molar-refractivity contribution in [3.8, 4) is 5.75 Å². The Balaban J connectivity index is 1.03. The van der Waals surface area contributed by atoms with E-state index in [0.29, 0.717) is 31.0 Å². The molecule has 0 radical (unpaired) electrons. The van der Waals surface area contributed by atoms with Crippen LogP contribution in [0.15, 0.2) is 65.7 Å². The third-order valence-electron chi connectivity index (χ3n) is 8.41. The molecule has 2 aliphatic rings. The molecule has 10 heteroatoms. The number of Topliss-reactive ketones (excluding diaryl/α,β-unsaturated/α-hetero) is 1. The number of aromatic nitrogens is 3. The Labute approximate surface area is 258 Å². The summed E-state index contributed by atoms with van der Waals surface area (Å²) in [5.41, 5.74) is 4.76. The minimum atomic E-state index is -0.593. The number of ketones is 1. The number of carbonyl (C=O) groups is 1. The van der Waals surface area contributed by atoms with Crippen LogP contribution < -0.4 is 15.0 Å². The van der Waals surface area contributed by atoms with Crippen molar-refractivity contribution in [2.45, 2.75) is 64.7 Å². The molecule has 2 N–H and O–H groups in total. The summed E-state index contributed by atoms with van der Waals surface area (Å²) < 4.78 is 11.3. The first kappa shape index (κ1) is 29.8. The summed E-state index contributed by atoms with van der Waals surface area (Å²) in [4.78, 5) is 31.0. The average molecular weight is 597 g/mol. The predicted molar refractivity (Wildman–Crippen MR) is 168 cm³/mol. The van der Waals surface area contributed by atoms with Crippen molar-refractivity contribution in [1.82, 2.24) is 19.9 Å². The van der Waals surface area contributed by atoms with E-state index in [4.69, 9.17) is 14.1 Å². The molecule has 5 heterocycles. The van der Waals surface area contributed by atoms with Crippen molar-refractivity contribution < 1.29 is 19.1 Å². The standard InChI is InChI=1S/C34H40N6O4/c1-24-32(44-23-36-24)22-43-30-9-7-26-20-39(15-11-25(26)16-30)21-29(41)8-10-31(42)27-17-33(37-28-6-5-12-35-19-28)38-34(18-27)40-13-3-2-4-14-40/h5-7,9,12,16-19,23,29,41H,2-4,8,10-11,13-15,20-22H2,1H3,(H,37,38)/t29-/m0/s1. The Morgan fingerprint density at radius 2 is 2.00 bits per heavy atom. The maximum absolute atomic E-state index is 13.4. The van der Waals surface area contributed by atoms with E-state index in [2.05, 4.69) is 37.2 Å². The topological polar surface area (TPSA) is 117 Å². The Hall–Kier alpha value is -4.28. The Bertz CT molecular complexity index is 1550. The van der Waals surface area contributed by atoms with Crippen molar-refractivity contribution in [2.75, 3.05) is 36.4 Å². The molecule has 1 aromatic carbocycles. The number of aryl methyl sites for hydroxylation is 1. The molecule has 230 valence electrons. The van der Waals surface area contributed by atoms with Crippen LogP contribution in [0.5, 0.6) is 5.75 Å². The van der Waals surface area contributed by atoms with Gasteiger partial charge in [0, 0.05) is 50.9 Å². The second-order valence-corrected chi connectivity index (χ2v) is 11.7. The van der Waals surface area contributed by atoms with E-state index in [-0.39, 0.29) is 12.2 Å². The molecule has 0 aliphatic carbocycles. The number of nitrogens with zero attached hydrogens (tertiary/aromatic N) is 5. The summed E-state index contributed by atoms with van der Waals surface area (Å²) >= 11 is 0. The molecule has 3 aromatic heterocycles. The van der Waals surface area contributed by atoms with Crippen LogP contribution in [0.4, 0.5) is 17.3 Å². The molecule has 1 fully saturated rings. The third kappa shape index (κ3) is 7.62. The summed E-state index contributed by atoms with van der Waals surface area (Å²) in [7, 11) is 0. The third-order valence-corrected chi connectivity index (χ3v) is 8.41. The van der Waals surface area contributed by atoms with Crippen molar-refractivity contribution >= 4 is 23.1 Å². The van der Waals surface area contributed by atoms with E-state index in [0.717, 1.165) is 74.2 Å². The summed E-state index contributed by atoms with van der Waals surface area (Å²) in [5, 5.41) is 14.2. The molecular formula is C34H40N6O4. The Kier molecular flexibility index (Phi) is 9.48. The number of oxazole rings is 1. The van der Waals surface area contributed by atoms with Gasteiger partial charge in [0.2, 0.25) is 0 Å². The van der Waals surface area contributed by atoms with E-state index >= 15 is 0 Å². The van der Waals surface area contributed by atoms with Gasteiger partial charge in [-0.15, -0.1) is 0 Å². The molecule has 0 unspecified atom stereocenters. The van der Waals surface area contributed by atoms with Crippen LogP contribution in [0.1, 0.15) is 65.0 Å². The molecule has 0 spiro atoms. The number of anilines is 3. The number of piperidine rings is 1. The number of fused-ring (bicyclic) bond motifs is 1. The molecule has 6 rings (SSSR count). The van der Waals surface area contributed by atoms with Crippen molar-refractivity contribution in [1.29, 1.82) is 0 Å². The fourth-order valence-corrected chi connectivity index (χ4v) is 5.89. The van der Waals surface area contributed by atoms with Gasteiger partial charge in [0.05, 0.1) is 23.7 Å². The largest absolute Gasteiger partial charge is 0.486 e. The molecule has 0 bridgehead atoms. The lowest BCUT2D eigenvalue weighted by molar-refractivity contribution is 0.0836. The number of hydrogen-bond acceptors (Lipinski definition) is 10. The highest BCUT2D eigenvalue weighted by molar-refractivity contribution is 5.97. The van der Waals surface area contributed by atoms with Crippen LogP contribution in [0.3, 0.4) is 0 Å². The summed E-state index contributed by atoms with van der Waals surface area (Å²) in [5.74, 6) is 2.99. The fourth-order valence-electron chi connectivity index (χ4n) is 5.89. The molecule has 4 aromatic rings. The van der Waals surface area contributed by atoms with E-state index in [9.17, 15) is 9.90 Å². The van der Waals surface area contributed by atoms with Gasteiger partial charge in [-0.3, -0.25) is 14.7 Å². The molecule has 0 amide bonds. The van der Waals surface area contributed by atoms with Gasteiger partial charge in [-0.1, -0.05) is 6.07 Å². The highest BCUT2D eigenvalue weighted by Gasteiger charge is 2.21. The first-order chi connectivity index (χ1) is 21.5. The molecule has 44 heavy (non-hydrogen) atoms. The lowest BCUT2D eigenvalue weighted by Crippen LogP contribution is -2.36. The monoisotopic (exact) mass is 596 g/mol. The number of aliphatic hydroxyl groups is 1. The van der Waals surface area contributed by atoms with Gasteiger partial charge in [0.15, 0.2) is 17.9 Å². The zero-order valence-electron chi connectivity index (χ0n) is 25.2. The van der Waals surface area contributed by atoms with Crippen molar-refractivity contribution in [2.24, 2.45) is 0 Å². The summed E-state index contributed by atoms with van der Waals surface area (Å²) in [6.07, 6.45) is 9.32. The normalized spacial score (nSPS) is 15.9. The van der Waals surface area contributed by atoms with E-state index in [1.165, 1.54) is 23.9 Å². The Morgan fingerprint density at radius 1 is 1.11 bits per heavy atom. The lowest BCUT2D eigenvalue weighted by atomic mass is 9.98. The lowest BCUT2D eigenvalue weighted by Gasteiger charge is -2.30. The van der Waals surface area contributed by atoms with Gasteiger partial charge in [-0.25, -0.2) is 9.97 Å². The van der Waals surface area contributed by atoms with Gasteiger partial charge < -0.3 is 24.5 Å². The molecule has 0 saturated carbocycles. The highest BCUT2D eigenvalue weighted by atomic mass is 16.5. The first-order valence-electron chi connectivity index (χ1n) is 15.5. The van der Waals surface area contributed by atoms with E-state index < -0.39 is 6.10 Å². The number of nitrogens with one attached hydrogen (secondary N) is 1. The second kappa shape index (κ2) is 14.0. The van der Waals surface area contributed by atoms with Gasteiger partial charge in [0.1, 0.15) is 24.0 Å². The van der Waals surface area contributed by atoms with E-state index in [1.54, 1.807) is 18.5 Å². The smallest absolute Gasteiger partial charge is 0.181 e.